The lowest BCUT2D eigenvalue weighted by Crippen LogP contribution is -2.36. The van der Waals surface area contributed by atoms with Crippen molar-refractivity contribution >= 4 is 18.3 Å². The molecule has 5 nitrogen and oxygen atoms in total. The van der Waals surface area contributed by atoms with Crippen LogP contribution in [0.25, 0.3) is 5.69 Å². The average molecular weight is 375 g/mol. The molecule has 1 aliphatic rings. The van der Waals surface area contributed by atoms with Gasteiger partial charge in [-0.2, -0.15) is 18.3 Å². The fourth-order valence-corrected chi connectivity index (χ4v) is 2.75. The van der Waals surface area contributed by atoms with Gasteiger partial charge in [0.1, 0.15) is 0 Å². The molecule has 2 aromatic rings. The van der Waals surface area contributed by atoms with Gasteiger partial charge >= 0.3 is 6.18 Å². The zero-order valence-corrected chi connectivity index (χ0v) is 14.2. The van der Waals surface area contributed by atoms with Crippen LogP contribution in [0.4, 0.5) is 13.2 Å². The number of alkyl halides is 3. The fourth-order valence-electron chi connectivity index (χ4n) is 2.75. The maximum atomic E-state index is 12.8. The van der Waals surface area contributed by atoms with E-state index in [1.54, 1.807) is 6.92 Å². The number of hydrogen-bond acceptors (Lipinski definition) is 3. The summed E-state index contributed by atoms with van der Waals surface area (Å²) in [6.07, 6.45) is -2.19. The summed E-state index contributed by atoms with van der Waals surface area (Å²) in [6, 6.07) is 4.93. The number of amides is 1. The third-order valence-corrected chi connectivity index (χ3v) is 4.07. The van der Waals surface area contributed by atoms with Gasteiger partial charge in [0, 0.05) is 12.6 Å². The van der Waals surface area contributed by atoms with E-state index >= 15 is 0 Å². The van der Waals surface area contributed by atoms with E-state index in [9.17, 15) is 18.0 Å². The molecule has 1 aliphatic heterocycles. The molecule has 1 aromatic heterocycles. The van der Waals surface area contributed by atoms with E-state index in [1.165, 1.54) is 23.0 Å². The van der Waals surface area contributed by atoms with Crippen molar-refractivity contribution in [3.05, 3.63) is 47.3 Å². The van der Waals surface area contributed by atoms with E-state index in [0.717, 1.165) is 25.1 Å². The molecule has 1 saturated heterocycles. The minimum Gasteiger partial charge on any atom is -0.348 e. The van der Waals surface area contributed by atoms with E-state index in [0.29, 0.717) is 17.8 Å². The molecule has 0 saturated carbocycles. The van der Waals surface area contributed by atoms with Crippen molar-refractivity contribution in [3.63, 3.8) is 0 Å². The van der Waals surface area contributed by atoms with E-state index in [2.05, 4.69) is 15.7 Å². The second-order valence-electron chi connectivity index (χ2n) is 5.77. The van der Waals surface area contributed by atoms with E-state index in [1.807, 2.05) is 0 Å². The van der Waals surface area contributed by atoms with Crippen molar-refractivity contribution < 1.29 is 18.0 Å². The van der Waals surface area contributed by atoms with E-state index in [4.69, 9.17) is 0 Å². The van der Waals surface area contributed by atoms with Crippen molar-refractivity contribution in [2.75, 3.05) is 13.1 Å². The van der Waals surface area contributed by atoms with Gasteiger partial charge in [0.15, 0.2) is 0 Å². The highest BCUT2D eigenvalue weighted by molar-refractivity contribution is 5.95. The molecule has 1 unspecified atom stereocenters. The molecule has 0 bridgehead atoms. The van der Waals surface area contributed by atoms with Crippen LogP contribution in [0.5, 0.6) is 0 Å². The number of hydrogen-bond donors (Lipinski definition) is 2. The largest absolute Gasteiger partial charge is 0.416 e. The van der Waals surface area contributed by atoms with Crippen molar-refractivity contribution in [1.29, 1.82) is 0 Å². The van der Waals surface area contributed by atoms with Crippen LogP contribution in [0.3, 0.4) is 0 Å². The number of aromatic nitrogens is 2. The Hall–Kier alpha value is -2.06. The molecule has 0 spiro atoms. The van der Waals surface area contributed by atoms with Gasteiger partial charge < -0.3 is 10.6 Å². The molecule has 1 amide bonds. The number of rotatable bonds is 3. The normalized spacial score (nSPS) is 17.2. The highest BCUT2D eigenvalue weighted by Gasteiger charge is 2.31. The van der Waals surface area contributed by atoms with Crippen LogP contribution in [-0.4, -0.2) is 34.8 Å². The Morgan fingerprint density at radius 1 is 1.40 bits per heavy atom. The van der Waals surface area contributed by atoms with Gasteiger partial charge in [-0.15, -0.1) is 12.4 Å². The van der Waals surface area contributed by atoms with Crippen LogP contribution in [-0.2, 0) is 6.18 Å². The molecular weight excluding hydrogens is 357 g/mol. The quantitative estimate of drug-likeness (QED) is 0.868. The van der Waals surface area contributed by atoms with Gasteiger partial charge in [0.25, 0.3) is 5.91 Å². The van der Waals surface area contributed by atoms with Crippen LogP contribution < -0.4 is 10.6 Å². The van der Waals surface area contributed by atoms with Gasteiger partial charge in [0.05, 0.1) is 28.7 Å². The zero-order valence-electron chi connectivity index (χ0n) is 13.4. The summed E-state index contributed by atoms with van der Waals surface area (Å²) in [6.45, 7) is 3.23. The summed E-state index contributed by atoms with van der Waals surface area (Å²) >= 11 is 0. The number of halogens is 4. The lowest BCUT2D eigenvalue weighted by molar-refractivity contribution is -0.137. The van der Waals surface area contributed by atoms with E-state index in [-0.39, 0.29) is 30.0 Å². The third-order valence-electron chi connectivity index (χ3n) is 4.07. The van der Waals surface area contributed by atoms with Crippen LogP contribution >= 0.6 is 12.4 Å². The first-order valence-corrected chi connectivity index (χ1v) is 7.60. The number of carbonyl (C=O) groups is 1. The van der Waals surface area contributed by atoms with Crippen LogP contribution in [0.15, 0.2) is 30.5 Å². The molecule has 3 rings (SSSR count). The number of nitrogens with zero attached hydrogens (tertiary/aromatic N) is 2. The Balaban J connectivity index is 0.00000225. The predicted molar refractivity (Wildman–Crippen MR) is 89.3 cm³/mol. The van der Waals surface area contributed by atoms with E-state index < -0.39 is 11.7 Å². The molecule has 0 aliphatic carbocycles. The Morgan fingerprint density at radius 3 is 2.80 bits per heavy atom. The monoisotopic (exact) mass is 374 g/mol. The number of nitrogens with one attached hydrogen (secondary N) is 2. The van der Waals surface area contributed by atoms with Crippen molar-refractivity contribution in [2.24, 2.45) is 0 Å². The molecule has 1 atom stereocenters. The maximum Gasteiger partial charge on any atom is 0.416 e. The standard InChI is InChI=1S/C16H17F3N4O.ClH/c1-10-14(15(24)22-12-5-6-20-8-12)9-21-23(10)13-4-2-3-11(7-13)16(17,18)19;/h2-4,7,9,12,20H,5-6,8H2,1H3,(H,22,24);1H. The second kappa shape index (κ2) is 7.45. The average Bonchev–Trinajstić information content (AvgIpc) is 3.16. The molecule has 1 aromatic carbocycles. The summed E-state index contributed by atoms with van der Waals surface area (Å²) in [7, 11) is 0. The van der Waals surface area contributed by atoms with Gasteiger partial charge in [-0.05, 0) is 38.1 Å². The molecule has 0 radical (unpaired) electrons. The Kier molecular flexibility index (Phi) is 5.74. The van der Waals surface area contributed by atoms with Crippen molar-refractivity contribution in [3.8, 4) is 5.69 Å². The van der Waals surface area contributed by atoms with Crippen LogP contribution in [0.1, 0.15) is 28.0 Å². The first kappa shape index (κ1) is 19.3. The maximum absolute atomic E-state index is 12.8. The molecule has 2 heterocycles. The summed E-state index contributed by atoms with van der Waals surface area (Å²) in [4.78, 5) is 12.3. The Morgan fingerprint density at radius 2 is 2.16 bits per heavy atom. The molecule has 9 heteroatoms. The summed E-state index contributed by atoms with van der Waals surface area (Å²) < 4.78 is 39.9. The highest BCUT2D eigenvalue weighted by atomic mass is 35.5. The Labute approximate surface area is 149 Å². The number of carbonyl (C=O) groups excluding carboxylic acids is 1. The summed E-state index contributed by atoms with van der Waals surface area (Å²) in [5.41, 5.74) is 0.374. The molecule has 2 N–H and O–H groups in total. The van der Waals surface area contributed by atoms with Gasteiger partial charge in [-0.1, -0.05) is 6.07 Å². The minimum atomic E-state index is -4.42. The highest BCUT2D eigenvalue weighted by Crippen LogP contribution is 2.30. The smallest absolute Gasteiger partial charge is 0.348 e. The molecule has 1 fully saturated rings. The van der Waals surface area contributed by atoms with Crippen molar-refractivity contribution in [2.45, 2.75) is 25.6 Å². The van der Waals surface area contributed by atoms with Gasteiger partial charge in [-0.3, -0.25) is 4.79 Å². The van der Waals surface area contributed by atoms with Gasteiger partial charge in [0.2, 0.25) is 0 Å². The topological polar surface area (TPSA) is 59.0 Å². The van der Waals surface area contributed by atoms with Crippen LogP contribution in [0, 0.1) is 6.92 Å². The number of benzene rings is 1. The van der Waals surface area contributed by atoms with Crippen LogP contribution in [0.2, 0.25) is 0 Å². The first-order chi connectivity index (χ1) is 11.4. The lowest BCUT2D eigenvalue weighted by atomic mass is 10.2. The van der Waals surface area contributed by atoms with Gasteiger partial charge in [-0.25, -0.2) is 4.68 Å². The minimum absolute atomic E-state index is 0. The summed E-state index contributed by atoms with van der Waals surface area (Å²) in [5, 5.41) is 10.1. The van der Waals surface area contributed by atoms with Crippen molar-refractivity contribution in [1.82, 2.24) is 20.4 Å². The third kappa shape index (κ3) is 4.13. The SMILES string of the molecule is Cc1c(C(=O)NC2CCNC2)cnn1-c1cccc(C(F)(F)F)c1.Cl. The predicted octanol–water partition coefficient (Wildman–Crippen LogP) is 2.71. The molecular formula is C16H18ClF3N4O. The zero-order chi connectivity index (χ0) is 17.3. The summed E-state index contributed by atoms with van der Waals surface area (Å²) in [5.74, 6) is -0.264. The molecule has 25 heavy (non-hydrogen) atoms. The Bertz CT molecular complexity index is 754. The molecule has 136 valence electrons. The first-order valence-electron chi connectivity index (χ1n) is 7.60. The fraction of sp³-hybridized carbons (Fsp3) is 0.375. The lowest BCUT2D eigenvalue weighted by Gasteiger charge is -2.12. The second-order valence-corrected chi connectivity index (χ2v) is 5.77.